The van der Waals surface area contributed by atoms with E-state index in [1.807, 2.05) is 13.0 Å². The lowest BCUT2D eigenvalue weighted by Gasteiger charge is -2.36. The minimum Gasteiger partial charge on any atom is -0.394 e. The molecule has 1 aromatic heterocycles. The van der Waals surface area contributed by atoms with Gasteiger partial charge in [-0.2, -0.15) is 4.98 Å². The van der Waals surface area contributed by atoms with Crippen LogP contribution in [0.2, 0.25) is 0 Å². The van der Waals surface area contributed by atoms with Crippen molar-refractivity contribution in [2.75, 3.05) is 37.0 Å². The van der Waals surface area contributed by atoms with Gasteiger partial charge in [-0.1, -0.05) is 6.92 Å². The normalized spacial score (nSPS) is 17.8. The molecule has 2 heterocycles. The summed E-state index contributed by atoms with van der Waals surface area (Å²) in [6.07, 6.45) is 2.59. The van der Waals surface area contributed by atoms with Crippen LogP contribution in [0, 0.1) is 6.92 Å². The first-order valence-corrected chi connectivity index (χ1v) is 7.24. The zero-order valence-electron chi connectivity index (χ0n) is 12.3. The van der Waals surface area contributed by atoms with Gasteiger partial charge in [0.2, 0.25) is 5.95 Å². The van der Waals surface area contributed by atoms with E-state index < -0.39 is 0 Å². The average Bonchev–Trinajstić information content (AvgIpc) is 2.45. The number of nitrogens with one attached hydrogen (secondary N) is 2. The summed E-state index contributed by atoms with van der Waals surface area (Å²) in [4.78, 5) is 8.84. The highest BCUT2D eigenvalue weighted by molar-refractivity contribution is 5.44. The first kappa shape index (κ1) is 15.0. The molecule has 2 rings (SSSR count). The monoisotopic (exact) mass is 280 g/mol. The minimum atomic E-state index is -0.332. The fourth-order valence-electron chi connectivity index (χ4n) is 2.30. The Labute approximate surface area is 120 Å². The van der Waals surface area contributed by atoms with E-state index in [0.29, 0.717) is 19.2 Å². The molecule has 0 amide bonds. The molecule has 20 heavy (non-hydrogen) atoms. The number of hydrogen-bond acceptors (Lipinski definition) is 6. The van der Waals surface area contributed by atoms with Crippen molar-refractivity contribution in [3.8, 4) is 0 Å². The predicted molar refractivity (Wildman–Crippen MR) is 79.0 cm³/mol. The zero-order chi connectivity index (χ0) is 14.4. The third-order valence-electron chi connectivity index (χ3n) is 3.53. The third kappa shape index (κ3) is 3.80. The Balaban J connectivity index is 2.12. The van der Waals surface area contributed by atoms with Gasteiger partial charge in [0.25, 0.3) is 0 Å². The molecule has 1 aliphatic heterocycles. The summed E-state index contributed by atoms with van der Waals surface area (Å²) < 4.78 is 5.37. The number of aliphatic hydroxyl groups excluding tert-OH is 1. The second kappa shape index (κ2) is 6.85. The van der Waals surface area contributed by atoms with E-state index in [-0.39, 0.29) is 12.1 Å². The number of hydrogen-bond donors (Lipinski definition) is 3. The van der Waals surface area contributed by atoms with Crippen molar-refractivity contribution in [3.63, 3.8) is 0 Å². The molecule has 0 bridgehead atoms. The first-order valence-electron chi connectivity index (χ1n) is 7.24. The molecule has 0 saturated carbocycles. The van der Waals surface area contributed by atoms with Crippen LogP contribution in [0.3, 0.4) is 0 Å². The Morgan fingerprint density at radius 3 is 2.75 bits per heavy atom. The molecule has 0 aromatic carbocycles. The van der Waals surface area contributed by atoms with Gasteiger partial charge in [0.15, 0.2) is 0 Å². The summed E-state index contributed by atoms with van der Waals surface area (Å²) in [6.45, 7) is 6.31. The van der Waals surface area contributed by atoms with Gasteiger partial charge < -0.3 is 20.5 Å². The lowest BCUT2D eigenvalue weighted by atomic mass is 9.91. The smallest absolute Gasteiger partial charge is 0.224 e. The number of aromatic nitrogens is 2. The Bertz CT molecular complexity index is 433. The lowest BCUT2D eigenvalue weighted by Crippen LogP contribution is -2.47. The number of aliphatic hydroxyl groups is 1. The first-order chi connectivity index (χ1) is 9.67. The standard InChI is InChI=1S/C14H24N4O2/c1-3-6-15-13-16-11(2)9-12(17-13)18-14(10-19)4-7-20-8-5-14/h9,19H,3-8,10H2,1-2H3,(H2,15,16,17,18). The van der Waals surface area contributed by atoms with Crippen LogP contribution in [0.4, 0.5) is 11.8 Å². The number of ether oxygens (including phenoxy) is 1. The number of anilines is 2. The summed E-state index contributed by atoms with van der Waals surface area (Å²) in [5.74, 6) is 1.39. The summed E-state index contributed by atoms with van der Waals surface area (Å²) in [6, 6.07) is 1.91. The van der Waals surface area contributed by atoms with Crippen LogP contribution in [0.1, 0.15) is 31.9 Å². The molecule has 0 radical (unpaired) electrons. The molecule has 0 aliphatic carbocycles. The van der Waals surface area contributed by atoms with Gasteiger partial charge in [0.1, 0.15) is 5.82 Å². The third-order valence-corrected chi connectivity index (χ3v) is 3.53. The van der Waals surface area contributed by atoms with Crippen LogP contribution >= 0.6 is 0 Å². The molecule has 6 nitrogen and oxygen atoms in total. The van der Waals surface area contributed by atoms with Gasteiger partial charge in [-0.05, 0) is 26.2 Å². The molecule has 1 aliphatic rings. The summed E-state index contributed by atoms with van der Waals surface area (Å²) >= 11 is 0. The van der Waals surface area contributed by atoms with Crippen molar-refractivity contribution >= 4 is 11.8 Å². The highest BCUT2D eigenvalue weighted by Gasteiger charge is 2.32. The predicted octanol–water partition coefficient (Wildman–Crippen LogP) is 1.56. The quantitative estimate of drug-likeness (QED) is 0.734. The van der Waals surface area contributed by atoms with Crippen molar-refractivity contribution in [2.24, 2.45) is 0 Å². The zero-order valence-corrected chi connectivity index (χ0v) is 12.3. The topological polar surface area (TPSA) is 79.3 Å². The van der Waals surface area contributed by atoms with E-state index in [2.05, 4.69) is 27.5 Å². The van der Waals surface area contributed by atoms with Crippen molar-refractivity contribution in [2.45, 2.75) is 38.6 Å². The van der Waals surface area contributed by atoms with Crippen molar-refractivity contribution in [1.82, 2.24) is 9.97 Å². The van der Waals surface area contributed by atoms with Gasteiger partial charge >= 0.3 is 0 Å². The summed E-state index contributed by atoms with van der Waals surface area (Å²) in [5.41, 5.74) is 0.572. The SMILES string of the molecule is CCCNc1nc(C)cc(NC2(CO)CCOCC2)n1. The Morgan fingerprint density at radius 2 is 2.10 bits per heavy atom. The van der Waals surface area contributed by atoms with Crippen LogP contribution in [-0.4, -0.2) is 47.0 Å². The van der Waals surface area contributed by atoms with Gasteiger partial charge in [-0.3, -0.25) is 0 Å². The molecule has 0 atom stereocenters. The highest BCUT2D eigenvalue weighted by Crippen LogP contribution is 2.25. The molecule has 0 spiro atoms. The Morgan fingerprint density at radius 1 is 1.35 bits per heavy atom. The molecule has 1 aromatic rings. The number of aryl methyl sites for hydroxylation is 1. The van der Waals surface area contributed by atoms with E-state index in [9.17, 15) is 5.11 Å². The largest absolute Gasteiger partial charge is 0.394 e. The molecule has 0 unspecified atom stereocenters. The Hall–Kier alpha value is -1.40. The van der Waals surface area contributed by atoms with Crippen LogP contribution in [0.15, 0.2) is 6.07 Å². The number of nitrogens with zero attached hydrogens (tertiary/aromatic N) is 2. The molecule has 1 fully saturated rings. The molecule has 6 heteroatoms. The second-order valence-electron chi connectivity index (χ2n) is 5.32. The Kier molecular flexibility index (Phi) is 5.14. The lowest BCUT2D eigenvalue weighted by molar-refractivity contribution is 0.0378. The average molecular weight is 280 g/mol. The maximum Gasteiger partial charge on any atom is 0.224 e. The fourth-order valence-corrected chi connectivity index (χ4v) is 2.30. The van der Waals surface area contributed by atoms with Gasteiger partial charge in [-0.15, -0.1) is 0 Å². The maximum absolute atomic E-state index is 9.71. The molecular weight excluding hydrogens is 256 g/mol. The molecule has 1 saturated heterocycles. The minimum absolute atomic E-state index is 0.0805. The van der Waals surface area contributed by atoms with E-state index in [4.69, 9.17) is 4.74 Å². The highest BCUT2D eigenvalue weighted by atomic mass is 16.5. The summed E-state index contributed by atoms with van der Waals surface area (Å²) in [7, 11) is 0. The number of rotatable bonds is 6. The van der Waals surface area contributed by atoms with E-state index in [1.54, 1.807) is 0 Å². The van der Waals surface area contributed by atoms with Gasteiger partial charge in [0.05, 0.1) is 12.1 Å². The molecule has 112 valence electrons. The van der Waals surface area contributed by atoms with E-state index in [1.165, 1.54) is 0 Å². The van der Waals surface area contributed by atoms with E-state index in [0.717, 1.165) is 37.3 Å². The van der Waals surface area contributed by atoms with Gasteiger partial charge in [-0.25, -0.2) is 4.98 Å². The van der Waals surface area contributed by atoms with Crippen molar-refractivity contribution in [1.29, 1.82) is 0 Å². The van der Waals surface area contributed by atoms with Crippen LogP contribution in [0.25, 0.3) is 0 Å². The van der Waals surface area contributed by atoms with Crippen LogP contribution in [0.5, 0.6) is 0 Å². The van der Waals surface area contributed by atoms with Crippen molar-refractivity contribution < 1.29 is 9.84 Å². The fraction of sp³-hybridized carbons (Fsp3) is 0.714. The van der Waals surface area contributed by atoms with Crippen molar-refractivity contribution in [3.05, 3.63) is 11.8 Å². The molecular formula is C14H24N4O2. The van der Waals surface area contributed by atoms with Gasteiger partial charge in [0, 0.05) is 31.5 Å². The van der Waals surface area contributed by atoms with Crippen LogP contribution < -0.4 is 10.6 Å². The maximum atomic E-state index is 9.71. The molecule has 3 N–H and O–H groups in total. The second-order valence-corrected chi connectivity index (χ2v) is 5.32. The van der Waals surface area contributed by atoms with E-state index >= 15 is 0 Å². The summed E-state index contributed by atoms with van der Waals surface area (Å²) in [5, 5.41) is 16.3. The van der Waals surface area contributed by atoms with Crippen LogP contribution in [-0.2, 0) is 4.74 Å².